The van der Waals surface area contributed by atoms with Crippen LogP contribution in [0.3, 0.4) is 0 Å². The fraction of sp³-hybridized carbons (Fsp3) is 0.562. The van der Waals surface area contributed by atoms with Gasteiger partial charge in [0.25, 0.3) is 5.91 Å². The molecule has 2 aliphatic rings. The summed E-state index contributed by atoms with van der Waals surface area (Å²) in [5, 5.41) is 7.71. The highest BCUT2D eigenvalue weighted by molar-refractivity contribution is 5.97. The van der Waals surface area contributed by atoms with E-state index in [4.69, 9.17) is 14.3 Å². The molecule has 1 aromatic heterocycles. The van der Waals surface area contributed by atoms with Crippen LogP contribution in [0, 0.1) is 0 Å². The van der Waals surface area contributed by atoms with Gasteiger partial charge in [0.05, 0.1) is 19.7 Å². The lowest BCUT2D eigenvalue weighted by molar-refractivity contribution is -0.158. The largest absolute Gasteiger partial charge is 0.527 e. The smallest absolute Gasteiger partial charge is 0.460 e. The molecule has 1 saturated carbocycles. The van der Waals surface area contributed by atoms with Crippen molar-refractivity contribution in [3.63, 3.8) is 0 Å². The molecular weight excluding hydrogens is 580 g/mol. The van der Waals surface area contributed by atoms with Crippen molar-refractivity contribution in [2.45, 2.75) is 83.9 Å². The van der Waals surface area contributed by atoms with Crippen LogP contribution in [0.1, 0.15) is 76.7 Å². The number of hydrogen-bond donors (Lipinski definition) is 2. The fourth-order valence-electron chi connectivity index (χ4n) is 5.25. The van der Waals surface area contributed by atoms with Crippen molar-refractivity contribution in [2.75, 3.05) is 38.1 Å². The lowest BCUT2D eigenvalue weighted by Gasteiger charge is -2.35. The van der Waals surface area contributed by atoms with Crippen LogP contribution >= 0.6 is 0 Å². The fourth-order valence-corrected chi connectivity index (χ4v) is 5.25. The Morgan fingerprint density at radius 2 is 1.69 bits per heavy atom. The Bertz CT molecular complexity index is 1320. The van der Waals surface area contributed by atoms with Crippen molar-refractivity contribution in [3.05, 3.63) is 42.1 Å². The Kier molecular flexibility index (Phi) is 11.7. The molecule has 0 spiro atoms. The molecule has 4 rings (SSSR count). The number of amides is 2. The summed E-state index contributed by atoms with van der Waals surface area (Å²) in [7, 11) is 0. The number of nitrogens with zero attached hydrogens (tertiary/aromatic N) is 4. The minimum Gasteiger partial charge on any atom is -0.460 e. The Balaban J connectivity index is 1.52. The van der Waals surface area contributed by atoms with E-state index in [1.165, 1.54) is 5.06 Å². The van der Waals surface area contributed by atoms with E-state index in [1.807, 2.05) is 30.3 Å². The first-order chi connectivity index (χ1) is 21.5. The summed E-state index contributed by atoms with van der Waals surface area (Å²) in [6, 6.07) is 10.2. The van der Waals surface area contributed by atoms with Gasteiger partial charge in [0.1, 0.15) is 23.2 Å². The van der Waals surface area contributed by atoms with E-state index in [0.717, 1.165) is 31.2 Å². The molecule has 1 aliphatic heterocycles. The normalized spacial score (nSPS) is 16.5. The first kappa shape index (κ1) is 33.6. The summed E-state index contributed by atoms with van der Waals surface area (Å²) < 4.78 is 10.3. The number of carbonyl (C=O) groups is 4. The quantitative estimate of drug-likeness (QED) is 0.350. The highest BCUT2D eigenvalue weighted by atomic mass is 16.8. The van der Waals surface area contributed by atoms with Crippen molar-refractivity contribution >= 4 is 29.8 Å². The zero-order chi connectivity index (χ0) is 32.4. The van der Waals surface area contributed by atoms with Crippen molar-refractivity contribution in [1.82, 2.24) is 25.2 Å². The number of rotatable bonds is 11. The van der Waals surface area contributed by atoms with Crippen LogP contribution < -0.4 is 10.6 Å². The molecule has 1 aromatic carbocycles. The highest BCUT2D eigenvalue weighted by Gasteiger charge is 2.32. The minimum absolute atomic E-state index is 0.0306. The van der Waals surface area contributed by atoms with Crippen molar-refractivity contribution < 1.29 is 33.5 Å². The van der Waals surface area contributed by atoms with Gasteiger partial charge in [-0.2, -0.15) is 0 Å². The molecule has 1 atom stereocenters. The molecule has 13 nitrogen and oxygen atoms in total. The van der Waals surface area contributed by atoms with Gasteiger partial charge in [0.2, 0.25) is 5.91 Å². The van der Waals surface area contributed by atoms with E-state index in [-0.39, 0.29) is 63.3 Å². The molecule has 0 radical (unpaired) electrons. The second kappa shape index (κ2) is 15.6. The van der Waals surface area contributed by atoms with Crippen LogP contribution in [-0.2, 0) is 23.9 Å². The van der Waals surface area contributed by atoms with Gasteiger partial charge in [-0.05, 0) is 47.0 Å². The van der Waals surface area contributed by atoms with Crippen molar-refractivity contribution in [2.24, 2.45) is 0 Å². The predicted octanol–water partition coefficient (Wildman–Crippen LogP) is 3.95. The molecule has 244 valence electrons. The molecule has 0 bridgehead atoms. The Morgan fingerprint density at radius 3 is 2.33 bits per heavy atom. The maximum atomic E-state index is 13.7. The van der Waals surface area contributed by atoms with Gasteiger partial charge in [0, 0.05) is 37.2 Å². The number of hydroxylamine groups is 2. The summed E-state index contributed by atoms with van der Waals surface area (Å²) in [6.45, 7) is 8.20. The summed E-state index contributed by atoms with van der Waals surface area (Å²) >= 11 is 0. The second-order valence-electron chi connectivity index (χ2n) is 12.1. The zero-order valence-electron chi connectivity index (χ0n) is 26.5. The number of hydrogen-bond acceptors (Lipinski definition) is 11. The summed E-state index contributed by atoms with van der Waals surface area (Å²) in [5.41, 5.74) is 0.168. The SMILES string of the molecule is CCOC(=O)ON1CCN(C(=O)[C@H](CCC(=O)OC(C)(C)C)NC(=O)c2cc(NC3CCCC3)nc(-c3ccccc3)n2)CC1. The van der Waals surface area contributed by atoms with Crippen molar-refractivity contribution in [3.8, 4) is 11.4 Å². The molecule has 2 fully saturated rings. The van der Waals surface area contributed by atoms with Crippen molar-refractivity contribution in [1.29, 1.82) is 0 Å². The van der Waals surface area contributed by atoms with Crippen LogP contribution in [0.2, 0.25) is 0 Å². The Morgan fingerprint density at radius 1 is 1.00 bits per heavy atom. The van der Waals surface area contributed by atoms with Crippen LogP contribution in [0.4, 0.5) is 10.6 Å². The third-order valence-corrected chi connectivity index (χ3v) is 7.37. The van der Waals surface area contributed by atoms with Crippen LogP contribution in [0.15, 0.2) is 36.4 Å². The molecule has 13 heteroatoms. The topological polar surface area (TPSA) is 152 Å². The third kappa shape index (κ3) is 10.4. The number of aromatic nitrogens is 2. The lowest BCUT2D eigenvalue weighted by Crippen LogP contribution is -2.55. The molecular formula is C32H44N6O7. The van der Waals surface area contributed by atoms with Gasteiger partial charge in [-0.1, -0.05) is 43.2 Å². The minimum atomic E-state index is -1.02. The summed E-state index contributed by atoms with van der Waals surface area (Å²) in [6.07, 6.45) is 3.45. The average molecular weight is 625 g/mol. The third-order valence-electron chi connectivity index (χ3n) is 7.37. The average Bonchev–Trinajstić information content (AvgIpc) is 3.52. The van der Waals surface area contributed by atoms with E-state index in [2.05, 4.69) is 20.6 Å². The van der Waals surface area contributed by atoms with Gasteiger partial charge in [-0.3, -0.25) is 14.4 Å². The van der Waals surface area contributed by atoms with Crippen LogP contribution in [0.5, 0.6) is 0 Å². The predicted molar refractivity (Wildman–Crippen MR) is 166 cm³/mol. The Hall–Kier alpha value is -4.26. The van der Waals surface area contributed by atoms with Gasteiger partial charge in [-0.25, -0.2) is 14.8 Å². The number of anilines is 1. The number of ether oxygens (including phenoxy) is 2. The van der Waals surface area contributed by atoms with E-state index in [9.17, 15) is 19.2 Å². The molecule has 45 heavy (non-hydrogen) atoms. The molecule has 2 N–H and O–H groups in total. The van der Waals surface area contributed by atoms with E-state index >= 15 is 0 Å². The van der Waals surface area contributed by atoms with E-state index < -0.39 is 29.7 Å². The summed E-state index contributed by atoms with van der Waals surface area (Å²) in [5.74, 6) is -0.466. The molecule has 2 amide bonds. The molecule has 1 saturated heterocycles. The van der Waals surface area contributed by atoms with E-state index in [1.54, 1.807) is 38.7 Å². The lowest BCUT2D eigenvalue weighted by atomic mass is 10.1. The standard InChI is InChI=1S/C32H44N6O7/c1-5-43-31(42)45-38-19-17-37(18-20-38)30(41)24(15-16-27(39)44-32(2,3)4)35-29(40)25-21-26(33-23-13-9-10-14-23)36-28(34-25)22-11-7-6-8-12-22/h6-8,11-12,21,23-24H,5,9-10,13-20H2,1-4H3,(H,35,40)(H,33,34,36)/t24-/m0/s1. The van der Waals surface area contributed by atoms with Crippen LogP contribution in [-0.4, -0.2) is 94.3 Å². The zero-order valence-corrected chi connectivity index (χ0v) is 26.5. The molecule has 0 unspecified atom stereocenters. The molecule has 2 heterocycles. The first-order valence-corrected chi connectivity index (χ1v) is 15.6. The van der Waals surface area contributed by atoms with Crippen LogP contribution in [0.25, 0.3) is 11.4 Å². The number of benzene rings is 1. The molecule has 1 aliphatic carbocycles. The number of nitrogens with one attached hydrogen (secondary N) is 2. The maximum Gasteiger partial charge on any atom is 0.527 e. The van der Waals surface area contributed by atoms with Gasteiger partial charge < -0.3 is 29.8 Å². The Labute approximate surface area is 264 Å². The highest BCUT2D eigenvalue weighted by Crippen LogP contribution is 2.24. The maximum absolute atomic E-state index is 13.7. The van der Waals surface area contributed by atoms with Gasteiger partial charge >= 0.3 is 12.1 Å². The number of carbonyl (C=O) groups excluding carboxylic acids is 4. The van der Waals surface area contributed by atoms with Gasteiger partial charge in [0.15, 0.2) is 5.82 Å². The monoisotopic (exact) mass is 624 g/mol. The number of piperazine rings is 1. The molecule has 2 aromatic rings. The second-order valence-corrected chi connectivity index (χ2v) is 12.1. The first-order valence-electron chi connectivity index (χ1n) is 15.6. The number of esters is 1. The van der Waals surface area contributed by atoms with E-state index in [0.29, 0.717) is 11.6 Å². The van der Waals surface area contributed by atoms with Gasteiger partial charge in [-0.15, -0.1) is 5.06 Å². The summed E-state index contributed by atoms with van der Waals surface area (Å²) in [4.78, 5) is 67.7.